The van der Waals surface area contributed by atoms with Gasteiger partial charge in [0.05, 0.1) is 0 Å². The summed E-state index contributed by atoms with van der Waals surface area (Å²) < 4.78 is 0. The Bertz CT molecular complexity index is 233. The van der Waals surface area contributed by atoms with Gasteiger partial charge in [0, 0.05) is 9.75 Å². The molecule has 0 fully saturated rings. The molecule has 0 nitrogen and oxygen atoms in total. The average molecular weight is 154 g/mol. The highest BCUT2D eigenvalue weighted by molar-refractivity contribution is 7.12. The largest absolute Gasteiger partial charge is 0.145 e. The Balaban J connectivity index is 3.17. The fourth-order valence-corrected chi connectivity index (χ4v) is 2.27. The molecule has 0 aromatic carbocycles. The Morgan fingerprint density at radius 3 is 1.90 bits per heavy atom. The first-order valence-corrected chi connectivity index (χ1v) is 4.54. The van der Waals surface area contributed by atoms with Crippen LogP contribution in [0.2, 0.25) is 0 Å². The van der Waals surface area contributed by atoms with Crippen LogP contribution in [0.3, 0.4) is 0 Å². The molecule has 0 unspecified atom stereocenters. The van der Waals surface area contributed by atoms with Crippen LogP contribution in [0, 0.1) is 20.8 Å². The van der Waals surface area contributed by atoms with Crippen molar-refractivity contribution < 1.29 is 0 Å². The molecule has 1 aromatic rings. The summed E-state index contributed by atoms with van der Waals surface area (Å²) in [5.41, 5.74) is 2.99. The number of aryl methyl sites for hydroxylation is 2. The molecule has 0 saturated carbocycles. The van der Waals surface area contributed by atoms with E-state index >= 15 is 0 Å². The molecule has 0 N–H and O–H groups in total. The van der Waals surface area contributed by atoms with Crippen LogP contribution in [0.15, 0.2) is 0 Å². The van der Waals surface area contributed by atoms with Crippen LogP contribution in [0.5, 0.6) is 0 Å². The summed E-state index contributed by atoms with van der Waals surface area (Å²) >= 11 is 1.94. The Labute approximate surface area is 66.9 Å². The van der Waals surface area contributed by atoms with Gasteiger partial charge in [-0.1, -0.05) is 6.92 Å². The topological polar surface area (TPSA) is 0 Å². The van der Waals surface area contributed by atoms with Gasteiger partial charge in [-0.25, -0.2) is 0 Å². The normalized spacial score (nSPS) is 10.4. The van der Waals surface area contributed by atoms with E-state index in [2.05, 4.69) is 27.7 Å². The second kappa shape index (κ2) is 2.75. The van der Waals surface area contributed by atoms with Crippen LogP contribution in [-0.2, 0) is 6.42 Å². The van der Waals surface area contributed by atoms with Crippen molar-refractivity contribution in [3.63, 3.8) is 0 Å². The standard InChI is InChI=1S/C9H14S/c1-5-9-7(3)6(2)8(4)10-9/h5H2,1-4H3. The SMILES string of the molecule is CCc1sc(C)c(C)c1C. The number of hydrogen-bond acceptors (Lipinski definition) is 1. The van der Waals surface area contributed by atoms with Gasteiger partial charge >= 0.3 is 0 Å². The lowest BCUT2D eigenvalue weighted by atomic mass is 10.1. The molecule has 0 bridgehead atoms. The van der Waals surface area contributed by atoms with Crippen molar-refractivity contribution in [2.45, 2.75) is 34.1 Å². The molecule has 1 aromatic heterocycles. The molecule has 0 aliphatic heterocycles. The van der Waals surface area contributed by atoms with Crippen molar-refractivity contribution in [2.24, 2.45) is 0 Å². The van der Waals surface area contributed by atoms with E-state index in [1.54, 1.807) is 4.88 Å². The molecule has 0 amide bonds. The summed E-state index contributed by atoms with van der Waals surface area (Å²) in [6, 6.07) is 0. The lowest BCUT2D eigenvalue weighted by molar-refractivity contribution is 1.15. The van der Waals surface area contributed by atoms with Gasteiger partial charge in [-0.05, 0) is 38.3 Å². The van der Waals surface area contributed by atoms with Crippen molar-refractivity contribution >= 4 is 11.3 Å². The summed E-state index contributed by atoms with van der Waals surface area (Å²) in [5, 5.41) is 0. The van der Waals surface area contributed by atoms with Crippen LogP contribution in [0.25, 0.3) is 0 Å². The Morgan fingerprint density at radius 1 is 1.10 bits per heavy atom. The van der Waals surface area contributed by atoms with Gasteiger partial charge in [-0.15, -0.1) is 11.3 Å². The lowest BCUT2D eigenvalue weighted by Gasteiger charge is -1.92. The molecule has 0 atom stereocenters. The third kappa shape index (κ3) is 1.10. The maximum Gasteiger partial charge on any atom is 0.00772 e. The molecule has 10 heavy (non-hydrogen) atoms. The maximum absolute atomic E-state index is 2.22. The fraction of sp³-hybridized carbons (Fsp3) is 0.556. The highest BCUT2D eigenvalue weighted by Crippen LogP contribution is 2.26. The van der Waals surface area contributed by atoms with Crippen molar-refractivity contribution in [3.8, 4) is 0 Å². The third-order valence-electron chi connectivity index (χ3n) is 2.11. The Hall–Kier alpha value is -0.300. The quantitative estimate of drug-likeness (QED) is 0.582. The minimum absolute atomic E-state index is 1.19. The van der Waals surface area contributed by atoms with Crippen LogP contribution in [0.1, 0.15) is 27.8 Å². The highest BCUT2D eigenvalue weighted by Gasteiger charge is 2.04. The molecule has 1 rings (SSSR count). The van der Waals surface area contributed by atoms with Crippen molar-refractivity contribution in [3.05, 3.63) is 20.9 Å². The van der Waals surface area contributed by atoms with Gasteiger partial charge < -0.3 is 0 Å². The molecule has 0 aliphatic carbocycles. The zero-order valence-corrected chi connectivity index (χ0v) is 7.93. The summed E-state index contributed by atoms with van der Waals surface area (Å²) in [4.78, 5) is 3.03. The monoisotopic (exact) mass is 154 g/mol. The number of thiophene rings is 1. The maximum atomic E-state index is 2.22. The average Bonchev–Trinajstić information content (AvgIpc) is 2.17. The predicted octanol–water partition coefficient (Wildman–Crippen LogP) is 3.24. The van der Waals surface area contributed by atoms with Gasteiger partial charge in [0.1, 0.15) is 0 Å². The van der Waals surface area contributed by atoms with Crippen molar-refractivity contribution in [1.29, 1.82) is 0 Å². The van der Waals surface area contributed by atoms with Gasteiger partial charge in [0.25, 0.3) is 0 Å². The smallest absolute Gasteiger partial charge is 0.00772 e. The molecular formula is C9H14S. The van der Waals surface area contributed by atoms with E-state index in [1.165, 1.54) is 22.4 Å². The predicted molar refractivity (Wildman–Crippen MR) is 47.9 cm³/mol. The van der Waals surface area contributed by atoms with Crippen molar-refractivity contribution in [1.82, 2.24) is 0 Å². The van der Waals surface area contributed by atoms with E-state index in [9.17, 15) is 0 Å². The van der Waals surface area contributed by atoms with E-state index in [-0.39, 0.29) is 0 Å². The Kier molecular flexibility index (Phi) is 2.14. The zero-order chi connectivity index (χ0) is 7.72. The summed E-state index contributed by atoms with van der Waals surface area (Å²) in [7, 11) is 0. The first-order valence-electron chi connectivity index (χ1n) is 3.72. The minimum atomic E-state index is 1.19. The van der Waals surface area contributed by atoms with Crippen LogP contribution in [0.4, 0.5) is 0 Å². The highest BCUT2D eigenvalue weighted by atomic mass is 32.1. The first kappa shape index (κ1) is 7.80. The lowest BCUT2D eigenvalue weighted by Crippen LogP contribution is -1.78. The first-order chi connectivity index (χ1) is 4.66. The van der Waals surface area contributed by atoms with E-state index < -0.39 is 0 Å². The molecule has 56 valence electrons. The molecule has 0 spiro atoms. The van der Waals surface area contributed by atoms with Gasteiger partial charge in [-0.3, -0.25) is 0 Å². The molecule has 1 heteroatoms. The van der Waals surface area contributed by atoms with E-state index in [0.29, 0.717) is 0 Å². The zero-order valence-electron chi connectivity index (χ0n) is 7.12. The van der Waals surface area contributed by atoms with Crippen LogP contribution >= 0.6 is 11.3 Å². The number of rotatable bonds is 1. The van der Waals surface area contributed by atoms with E-state index in [0.717, 1.165) is 0 Å². The second-order valence-corrected chi connectivity index (χ2v) is 3.99. The van der Waals surface area contributed by atoms with E-state index in [1.807, 2.05) is 11.3 Å². The van der Waals surface area contributed by atoms with Crippen LogP contribution in [-0.4, -0.2) is 0 Å². The third-order valence-corrected chi connectivity index (χ3v) is 3.56. The van der Waals surface area contributed by atoms with Gasteiger partial charge in [-0.2, -0.15) is 0 Å². The second-order valence-electron chi connectivity index (χ2n) is 2.68. The summed E-state index contributed by atoms with van der Waals surface area (Å²) in [5.74, 6) is 0. The van der Waals surface area contributed by atoms with Crippen LogP contribution < -0.4 is 0 Å². The van der Waals surface area contributed by atoms with Crippen molar-refractivity contribution in [2.75, 3.05) is 0 Å². The molecule has 0 saturated heterocycles. The van der Waals surface area contributed by atoms with E-state index in [4.69, 9.17) is 0 Å². The van der Waals surface area contributed by atoms with Gasteiger partial charge in [0.15, 0.2) is 0 Å². The summed E-state index contributed by atoms with van der Waals surface area (Å²) in [6.45, 7) is 8.85. The Morgan fingerprint density at radius 2 is 1.70 bits per heavy atom. The molecule has 0 radical (unpaired) electrons. The molecule has 0 aliphatic rings. The van der Waals surface area contributed by atoms with Gasteiger partial charge in [0.2, 0.25) is 0 Å². The summed E-state index contributed by atoms with van der Waals surface area (Å²) in [6.07, 6.45) is 1.19. The number of hydrogen-bond donors (Lipinski definition) is 0. The molecule has 1 heterocycles. The minimum Gasteiger partial charge on any atom is -0.145 e. The fourth-order valence-electron chi connectivity index (χ4n) is 1.15. The molecular weight excluding hydrogens is 140 g/mol.